The van der Waals surface area contributed by atoms with Crippen LogP contribution in [0.3, 0.4) is 0 Å². The van der Waals surface area contributed by atoms with E-state index >= 15 is 0 Å². The first-order valence-electron chi connectivity index (χ1n) is 9.45. The molecular formula is C19H19N7O3S. The lowest BCUT2D eigenvalue weighted by Crippen LogP contribution is -2.15. The predicted octanol–water partition coefficient (Wildman–Crippen LogP) is 3.57. The molecule has 1 amide bonds. The Bertz CT molecular complexity index is 1080. The molecule has 11 heteroatoms. The highest BCUT2D eigenvalue weighted by molar-refractivity contribution is 7.99. The van der Waals surface area contributed by atoms with Crippen LogP contribution in [0.1, 0.15) is 47.5 Å². The molecule has 1 aliphatic carbocycles. The number of aryl methyl sites for hydroxylation is 1. The summed E-state index contributed by atoms with van der Waals surface area (Å²) in [7, 11) is 1.72. The van der Waals surface area contributed by atoms with E-state index in [1.165, 1.54) is 42.8 Å². The Morgan fingerprint density at radius 3 is 2.60 bits per heavy atom. The zero-order valence-electron chi connectivity index (χ0n) is 16.2. The van der Waals surface area contributed by atoms with Crippen molar-refractivity contribution in [2.45, 2.75) is 41.5 Å². The van der Waals surface area contributed by atoms with E-state index in [1.54, 1.807) is 30.3 Å². The number of non-ortho nitro benzene ring substituents is 1. The van der Waals surface area contributed by atoms with Gasteiger partial charge in [-0.15, -0.1) is 5.10 Å². The maximum Gasteiger partial charge on any atom is 0.270 e. The topological polar surface area (TPSA) is 129 Å². The second-order valence-corrected chi connectivity index (χ2v) is 8.07. The average molecular weight is 425 g/mol. The monoisotopic (exact) mass is 425 g/mol. The molecule has 2 aromatic heterocycles. The number of anilines is 1. The second kappa shape index (κ2) is 8.57. The Morgan fingerprint density at radius 2 is 1.97 bits per heavy atom. The van der Waals surface area contributed by atoms with Gasteiger partial charge in [0.1, 0.15) is 5.03 Å². The Balaban J connectivity index is 1.57. The van der Waals surface area contributed by atoms with Crippen LogP contribution in [0.2, 0.25) is 0 Å². The van der Waals surface area contributed by atoms with Crippen LogP contribution in [0.15, 0.2) is 46.7 Å². The fourth-order valence-electron chi connectivity index (χ4n) is 3.42. The van der Waals surface area contributed by atoms with Crippen LogP contribution >= 0.6 is 11.8 Å². The third kappa shape index (κ3) is 4.30. The van der Waals surface area contributed by atoms with E-state index in [2.05, 4.69) is 25.6 Å². The summed E-state index contributed by atoms with van der Waals surface area (Å²) in [6, 6.07) is 4.14. The number of benzene rings is 1. The van der Waals surface area contributed by atoms with E-state index in [0.717, 1.165) is 18.4 Å². The largest absolute Gasteiger partial charge is 0.290 e. The van der Waals surface area contributed by atoms with Crippen LogP contribution < -0.4 is 5.32 Å². The van der Waals surface area contributed by atoms with Crippen molar-refractivity contribution in [3.05, 3.63) is 58.0 Å². The minimum atomic E-state index is -0.538. The molecule has 1 aliphatic rings. The smallest absolute Gasteiger partial charge is 0.270 e. The number of rotatable bonds is 6. The van der Waals surface area contributed by atoms with Gasteiger partial charge in [-0.1, -0.05) is 29.8 Å². The summed E-state index contributed by atoms with van der Waals surface area (Å²) in [6.45, 7) is 0. The number of nitrogens with one attached hydrogen (secondary N) is 1. The van der Waals surface area contributed by atoms with Crippen molar-refractivity contribution in [3.8, 4) is 0 Å². The van der Waals surface area contributed by atoms with Gasteiger partial charge in [0.2, 0.25) is 5.95 Å². The van der Waals surface area contributed by atoms with Crippen LogP contribution in [-0.2, 0) is 7.05 Å². The number of carbonyl (C=O) groups is 1. The predicted molar refractivity (Wildman–Crippen MR) is 109 cm³/mol. The SMILES string of the molecule is Cn1nncc1Sc1ccc([N+](=O)[O-])cc1C(=O)Nc1ncc(C2CCCC2)cn1. The van der Waals surface area contributed by atoms with Gasteiger partial charge in [0.05, 0.1) is 16.7 Å². The molecule has 0 radical (unpaired) electrons. The highest BCUT2D eigenvalue weighted by Crippen LogP contribution is 2.34. The lowest BCUT2D eigenvalue weighted by molar-refractivity contribution is -0.384. The summed E-state index contributed by atoms with van der Waals surface area (Å²) in [5.74, 6) is 0.110. The summed E-state index contributed by atoms with van der Waals surface area (Å²) in [5.41, 5.74) is 1.05. The quantitative estimate of drug-likeness (QED) is 0.469. The Hall–Kier alpha value is -3.34. The molecule has 30 heavy (non-hydrogen) atoms. The van der Waals surface area contributed by atoms with Gasteiger partial charge in [0.25, 0.3) is 11.6 Å². The molecule has 0 bridgehead atoms. The first-order valence-corrected chi connectivity index (χ1v) is 10.3. The summed E-state index contributed by atoms with van der Waals surface area (Å²) < 4.78 is 1.55. The molecule has 1 N–H and O–H groups in total. The summed E-state index contributed by atoms with van der Waals surface area (Å²) >= 11 is 1.24. The third-order valence-corrected chi connectivity index (χ3v) is 6.18. The Kier molecular flexibility index (Phi) is 5.70. The molecule has 154 valence electrons. The minimum Gasteiger partial charge on any atom is -0.290 e. The molecule has 1 fully saturated rings. The number of nitrogens with zero attached hydrogens (tertiary/aromatic N) is 6. The molecule has 0 aliphatic heterocycles. The average Bonchev–Trinajstić information content (AvgIpc) is 3.41. The van der Waals surface area contributed by atoms with Crippen molar-refractivity contribution >= 4 is 29.3 Å². The second-order valence-electron chi connectivity index (χ2n) is 7.01. The number of aromatic nitrogens is 5. The van der Waals surface area contributed by atoms with Gasteiger partial charge in [-0.2, -0.15) is 0 Å². The molecule has 0 spiro atoms. The standard InChI is InChI=1S/C19H19N7O3S/c1-25-17(11-22-24-25)30-16-7-6-14(26(28)29)8-15(16)18(27)23-19-20-9-13(10-21-19)12-4-2-3-5-12/h6-12H,2-5H2,1H3,(H,20,21,23,27). The fraction of sp³-hybridized carbons (Fsp3) is 0.316. The van der Waals surface area contributed by atoms with Gasteiger partial charge in [0, 0.05) is 36.5 Å². The molecule has 1 aromatic carbocycles. The maximum atomic E-state index is 12.9. The van der Waals surface area contributed by atoms with Crippen molar-refractivity contribution in [2.24, 2.45) is 7.05 Å². The number of amides is 1. The van der Waals surface area contributed by atoms with Crippen LogP contribution in [-0.4, -0.2) is 35.8 Å². The van der Waals surface area contributed by atoms with Gasteiger partial charge in [-0.25, -0.2) is 14.6 Å². The van der Waals surface area contributed by atoms with E-state index in [9.17, 15) is 14.9 Å². The van der Waals surface area contributed by atoms with Crippen molar-refractivity contribution in [1.82, 2.24) is 25.0 Å². The molecule has 2 heterocycles. The fourth-order valence-corrected chi connectivity index (χ4v) is 4.32. The highest BCUT2D eigenvalue weighted by atomic mass is 32.2. The number of hydrogen-bond acceptors (Lipinski definition) is 8. The van der Waals surface area contributed by atoms with E-state index in [4.69, 9.17) is 0 Å². The number of carbonyl (C=O) groups excluding carboxylic acids is 1. The molecule has 1 saturated carbocycles. The number of nitro benzene ring substituents is 1. The number of hydrogen-bond donors (Lipinski definition) is 1. The van der Waals surface area contributed by atoms with E-state index in [1.807, 2.05) is 0 Å². The van der Waals surface area contributed by atoms with Crippen LogP contribution in [0.5, 0.6) is 0 Å². The van der Waals surface area contributed by atoms with Gasteiger partial charge in [-0.05, 0) is 30.4 Å². The first-order chi connectivity index (χ1) is 14.5. The summed E-state index contributed by atoms with van der Waals surface area (Å²) in [6.07, 6.45) is 9.72. The molecule has 10 nitrogen and oxygen atoms in total. The van der Waals surface area contributed by atoms with E-state index < -0.39 is 10.8 Å². The molecule has 3 aromatic rings. The van der Waals surface area contributed by atoms with Crippen molar-refractivity contribution in [1.29, 1.82) is 0 Å². The van der Waals surface area contributed by atoms with Gasteiger partial charge in [-0.3, -0.25) is 20.2 Å². The molecular weight excluding hydrogens is 406 g/mol. The van der Waals surface area contributed by atoms with Crippen molar-refractivity contribution in [2.75, 3.05) is 5.32 Å². The van der Waals surface area contributed by atoms with Crippen LogP contribution in [0.4, 0.5) is 11.6 Å². The maximum absolute atomic E-state index is 12.9. The Morgan fingerprint density at radius 1 is 1.23 bits per heavy atom. The zero-order valence-corrected chi connectivity index (χ0v) is 17.0. The number of nitro groups is 1. The molecule has 0 unspecified atom stereocenters. The van der Waals surface area contributed by atoms with Crippen molar-refractivity contribution in [3.63, 3.8) is 0 Å². The van der Waals surface area contributed by atoms with E-state index in [0.29, 0.717) is 15.8 Å². The van der Waals surface area contributed by atoms with Crippen LogP contribution in [0, 0.1) is 10.1 Å². The van der Waals surface area contributed by atoms with Crippen LogP contribution in [0.25, 0.3) is 0 Å². The summed E-state index contributed by atoms with van der Waals surface area (Å²) in [4.78, 5) is 32.6. The lowest BCUT2D eigenvalue weighted by atomic mass is 10.0. The third-order valence-electron chi connectivity index (χ3n) is 5.03. The van der Waals surface area contributed by atoms with Gasteiger partial charge >= 0.3 is 0 Å². The van der Waals surface area contributed by atoms with E-state index in [-0.39, 0.29) is 17.2 Å². The van der Waals surface area contributed by atoms with Gasteiger partial charge in [0.15, 0.2) is 0 Å². The highest BCUT2D eigenvalue weighted by Gasteiger charge is 2.21. The molecule has 4 rings (SSSR count). The lowest BCUT2D eigenvalue weighted by Gasteiger charge is -2.11. The molecule has 0 saturated heterocycles. The summed E-state index contributed by atoms with van der Waals surface area (Å²) in [5, 5.41) is 22.2. The van der Waals surface area contributed by atoms with Crippen molar-refractivity contribution < 1.29 is 9.72 Å². The Labute approximate surface area is 176 Å². The molecule has 0 atom stereocenters. The van der Waals surface area contributed by atoms with Gasteiger partial charge < -0.3 is 0 Å². The zero-order chi connectivity index (χ0) is 21.1. The normalized spacial score (nSPS) is 14.0. The first kappa shape index (κ1) is 20.0. The minimum absolute atomic E-state index is 0.152.